The van der Waals surface area contributed by atoms with Crippen LogP contribution in [-0.2, 0) is 20.9 Å². The van der Waals surface area contributed by atoms with Gasteiger partial charge in [0.25, 0.3) is 5.56 Å². The topological polar surface area (TPSA) is 90.3 Å². The second-order valence-electron chi connectivity index (χ2n) is 7.42. The van der Waals surface area contributed by atoms with E-state index in [0.717, 1.165) is 19.3 Å². The molecule has 0 unspecified atom stereocenters. The number of esters is 1. The molecular formula is C21H27N3O4S. The number of aromatic nitrogens is 2. The molecule has 1 amide bonds. The van der Waals surface area contributed by atoms with Crippen molar-refractivity contribution in [3.05, 3.63) is 34.6 Å². The predicted molar refractivity (Wildman–Crippen MR) is 113 cm³/mol. The molecule has 2 aromatic rings. The van der Waals surface area contributed by atoms with E-state index in [2.05, 4.69) is 22.0 Å². The number of amides is 1. The maximum absolute atomic E-state index is 12.9. The van der Waals surface area contributed by atoms with Crippen molar-refractivity contribution in [1.29, 1.82) is 0 Å². The van der Waals surface area contributed by atoms with Gasteiger partial charge in [0, 0.05) is 12.6 Å². The highest BCUT2D eigenvalue weighted by Gasteiger charge is 2.23. The summed E-state index contributed by atoms with van der Waals surface area (Å²) >= 11 is 1.22. The number of fused-ring (bicyclic) bond motifs is 1. The van der Waals surface area contributed by atoms with Crippen LogP contribution in [0.3, 0.4) is 0 Å². The van der Waals surface area contributed by atoms with Gasteiger partial charge < -0.3 is 10.1 Å². The summed E-state index contributed by atoms with van der Waals surface area (Å²) in [4.78, 5) is 41.5. The first-order valence-electron chi connectivity index (χ1n) is 9.98. The predicted octanol–water partition coefficient (Wildman–Crippen LogP) is 2.75. The van der Waals surface area contributed by atoms with Crippen molar-refractivity contribution < 1.29 is 14.3 Å². The minimum atomic E-state index is -0.398. The van der Waals surface area contributed by atoms with Crippen LogP contribution in [0, 0.1) is 5.92 Å². The van der Waals surface area contributed by atoms with Crippen molar-refractivity contribution in [2.45, 2.75) is 56.8 Å². The van der Waals surface area contributed by atoms with E-state index in [1.165, 1.54) is 29.9 Å². The molecule has 1 aliphatic carbocycles. The molecule has 1 N–H and O–H groups in total. The molecule has 1 heterocycles. The van der Waals surface area contributed by atoms with Crippen LogP contribution < -0.4 is 10.9 Å². The van der Waals surface area contributed by atoms with Crippen LogP contribution >= 0.6 is 11.8 Å². The lowest BCUT2D eigenvalue weighted by Crippen LogP contribution is -2.42. The molecule has 0 aliphatic heterocycles. The number of carbonyl (C=O) groups is 2. The molecule has 0 radical (unpaired) electrons. The van der Waals surface area contributed by atoms with E-state index in [1.54, 1.807) is 18.2 Å². The van der Waals surface area contributed by atoms with Gasteiger partial charge in [-0.1, -0.05) is 43.7 Å². The Balaban J connectivity index is 1.76. The number of hydrogen-bond acceptors (Lipinski definition) is 6. The highest BCUT2D eigenvalue weighted by Crippen LogP contribution is 2.24. The van der Waals surface area contributed by atoms with Crippen LogP contribution in [-0.4, -0.2) is 40.3 Å². The van der Waals surface area contributed by atoms with Crippen LogP contribution in [0.4, 0.5) is 0 Å². The molecule has 1 fully saturated rings. The van der Waals surface area contributed by atoms with Gasteiger partial charge >= 0.3 is 5.97 Å². The van der Waals surface area contributed by atoms with Gasteiger partial charge in [-0.05, 0) is 30.9 Å². The largest absolute Gasteiger partial charge is 0.469 e. The van der Waals surface area contributed by atoms with Crippen molar-refractivity contribution in [3.8, 4) is 0 Å². The highest BCUT2D eigenvalue weighted by atomic mass is 32.2. The van der Waals surface area contributed by atoms with E-state index in [1.807, 2.05) is 6.07 Å². The Labute approximate surface area is 174 Å². The first kappa shape index (κ1) is 21.4. The lowest BCUT2D eigenvalue weighted by atomic mass is 9.86. The first-order chi connectivity index (χ1) is 14.0. The van der Waals surface area contributed by atoms with Gasteiger partial charge in [0.1, 0.15) is 0 Å². The minimum Gasteiger partial charge on any atom is -0.469 e. The van der Waals surface area contributed by atoms with E-state index >= 15 is 0 Å². The van der Waals surface area contributed by atoms with Crippen LogP contribution in [0.25, 0.3) is 10.9 Å². The van der Waals surface area contributed by atoms with Crippen LogP contribution in [0.15, 0.2) is 34.2 Å². The fourth-order valence-corrected chi connectivity index (χ4v) is 4.51. The Kier molecular flexibility index (Phi) is 7.30. The summed E-state index contributed by atoms with van der Waals surface area (Å²) in [5, 5.41) is 4.04. The average Bonchev–Trinajstić information content (AvgIpc) is 2.73. The Hall–Kier alpha value is -2.35. The molecule has 1 saturated carbocycles. The molecule has 2 atom stereocenters. The van der Waals surface area contributed by atoms with Gasteiger partial charge in [0.15, 0.2) is 5.16 Å². The fraction of sp³-hybridized carbons (Fsp3) is 0.524. The molecule has 7 nitrogen and oxygen atoms in total. The monoisotopic (exact) mass is 417 g/mol. The van der Waals surface area contributed by atoms with Gasteiger partial charge in [-0.3, -0.25) is 19.0 Å². The summed E-state index contributed by atoms with van der Waals surface area (Å²) in [6.07, 6.45) is 4.57. The van der Waals surface area contributed by atoms with Crippen molar-refractivity contribution in [3.63, 3.8) is 0 Å². The van der Waals surface area contributed by atoms with E-state index in [4.69, 9.17) is 0 Å². The summed E-state index contributed by atoms with van der Waals surface area (Å²) in [7, 11) is 1.32. The molecule has 3 rings (SSSR count). The summed E-state index contributed by atoms with van der Waals surface area (Å²) in [5.41, 5.74) is 0.360. The van der Waals surface area contributed by atoms with Crippen molar-refractivity contribution in [2.75, 3.05) is 12.9 Å². The van der Waals surface area contributed by atoms with Gasteiger partial charge in [-0.25, -0.2) is 4.98 Å². The smallest absolute Gasteiger partial charge is 0.307 e. The number of methoxy groups -OCH3 is 1. The second-order valence-corrected chi connectivity index (χ2v) is 8.36. The van der Waals surface area contributed by atoms with E-state index in [0.29, 0.717) is 22.0 Å². The zero-order valence-electron chi connectivity index (χ0n) is 16.8. The number of benzene rings is 1. The molecule has 0 spiro atoms. The number of rotatable bonds is 7. The van der Waals surface area contributed by atoms with Gasteiger partial charge in [0.2, 0.25) is 5.91 Å². The molecule has 156 valence electrons. The number of thioether (sulfide) groups is 1. The molecule has 1 aromatic carbocycles. The summed E-state index contributed by atoms with van der Waals surface area (Å²) in [5.74, 6) is 0.196. The molecule has 0 bridgehead atoms. The number of carbonyl (C=O) groups excluding carboxylic acids is 2. The third-order valence-electron chi connectivity index (χ3n) is 5.38. The molecule has 0 saturated heterocycles. The minimum absolute atomic E-state index is 0.0596. The average molecular weight is 418 g/mol. The SMILES string of the molecule is COC(=O)CCn1c(SCC(=O)N[C@@H]2CCCC[C@H]2C)nc2ccccc2c1=O. The Morgan fingerprint density at radius 2 is 2.03 bits per heavy atom. The van der Waals surface area contributed by atoms with Crippen molar-refractivity contribution in [2.24, 2.45) is 5.92 Å². The maximum Gasteiger partial charge on any atom is 0.307 e. The number of ether oxygens (including phenoxy) is 1. The summed E-state index contributed by atoms with van der Waals surface area (Å²) in [6.45, 7) is 2.33. The molecule has 8 heteroatoms. The molecule has 29 heavy (non-hydrogen) atoms. The molecule has 1 aromatic heterocycles. The number of nitrogens with one attached hydrogen (secondary N) is 1. The fourth-order valence-electron chi connectivity index (χ4n) is 3.67. The van der Waals surface area contributed by atoms with Crippen LogP contribution in [0.1, 0.15) is 39.0 Å². The van der Waals surface area contributed by atoms with Gasteiger partial charge in [0.05, 0.1) is 30.2 Å². The Morgan fingerprint density at radius 3 is 2.79 bits per heavy atom. The summed E-state index contributed by atoms with van der Waals surface area (Å²) in [6, 6.07) is 7.30. The normalized spacial score (nSPS) is 19.1. The quantitative estimate of drug-likeness (QED) is 0.423. The second kappa shape index (κ2) is 9.91. The third-order valence-corrected chi connectivity index (χ3v) is 6.36. The van der Waals surface area contributed by atoms with Gasteiger partial charge in [-0.2, -0.15) is 0 Å². The van der Waals surface area contributed by atoms with E-state index in [-0.39, 0.29) is 36.2 Å². The zero-order chi connectivity index (χ0) is 20.8. The van der Waals surface area contributed by atoms with E-state index < -0.39 is 5.97 Å². The Bertz CT molecular complexity index is 943. The number of nitrogens with zero attached hydrogens (tertiary/aromatic N) is 2. The summed E-state index contributed by atoms with van der Waals surface area (Å²) < 4.78 is 6.15. The van der Waals surface area contributed by atoms with Crippen LogP contribution in [0.2, 0.25) is 0 Å². The first-order valence-corrected chi connectivity index (χ1v) is 11.0. The van der Waals surface area contributed by atoms with E-state index in [9.17, 15) is 14.4 Å². The lowest BCUT2D eigenvalue weighted by Gasteiger charge is -2.29. The van der Waals surface area contributed by atoms with Crippen molar-refractivity contribution >= 4 is 34.5 Å². The maximum atomic E-state index is 12.9. The van der Waals surface area contributed by atoms with Crippen LogP contribution in [0.5, 0.6) is 0 Å². The van der Waals surface area contributed by atoms with Crippen molar-refractivity contribution in [1.82, 2.24) is 14.9 Å². The molecule has 1 aliphatic rings. The number of para-hydroxylation sites is 1. The molecular weight excluding hydrogens is 390 g/mol. The third kappa shape index (κ3) is 5.38. The zero-order valence-corrected chi connectivity index (χ0v) is 17.7. The Morgan fingerprint density at radius 1 is 1.28 bits per heavy atom. The van der Waals surface area contributed by atoms with Gasteiger partial charge in [-0.15, -0.1) is 0 Å². The highest BCUT2D eigenvalue weighted by molar-refractivity contribution is 7.99. The number of hydrogen-bond donors (Lipinski definition) is 1. The standard InChI is InChI=1S/C21H27N3O4S/c1-14-7-3-5-9-16(14)22-18(25)13-29-21-23-17-10-6-4-8-15(17)20(27)24(21)12-11-19(26)28-2/h4,6,8,10,14,16H,3,5,7,9,11-13H2,1-2H3,(H,22,25)/t14-,16-/m1/s1. The lowest BCUT2D eigenvalue weighted by molar-refractivity contribution is -0.140.